The summed E-state index contributed by atoms with van der Waals surface area (Å²) in [7, 11) is 0. The van der Waals surface area contributed by atoms with Gasteiger partial charge in [-0.3, -0.25) is 4.79 Å². The number of H-pyrrole nitrogens is 1. The summed E-state index contributed by atoms with van der Waals surface area (Å²) in [5.41, 5.74) is 4.84. The van der Waals surface area contributed by atoms with Gasteiger partial charge in [0.25, 0.3) is 5.56 Å². The van der Waals surface area contributed by atoms with E-state index in [0.29, 0.717) is 5.39 Å². The SMILES string of the molecule is Cc1sc2ncn(/N=C/c3c(-c4ccccc4)[nH]c4ccccc34)c(=O)c2c1C. The lowest BCUT2D eigenvalue weighted by Gasteiger charge is -2.02. The molecule has 1 N–H and O–H groups in total. The number of benzene rings is 2. The van der Waals surface area contributed by atoms with Crippen LogP contribution in [-0.2, 0) is 0 Å². The van der Waals surface area contributed by atoms with Gasteiger partial charge in [-0.05, 0) is 31.0 Å². The van der Waals surface area contributed by atoms with E-state index < -0.39 is 0 Å². The summed E-state index contributed by atoms with van der Waals surface area (Å²) in [6, 6.07) is 18.2. The second kappa shape index (κ2) is 6.83. The van der Waals surface area contributed by atoms with Gasteiger partial charge in [-0.25, -0.2) is 4.98 Å². The number of hydrogen-bond donors (Lipinski definition) is 1. The summed E-state index contributed by atoms with van der Waals surface area (Å²) >= 11 is 1.54. The molecule has 0 fully saturated rings. The number of fused-ring (bicyclic) bond motifs is 2. The number of para-hydroxylation sites is 1. The predicted molar refractivity (Wildman–Crippen MR) is 120 cm³/mol. The van der Waals surface area contributed by atoms with E-state index >= 15 is 0 Å². The number of nitrogens with zero attached hydrogens (tertiary/aromatic N) is 3. The highest BCUT2D eigenvalue weighted by atomic mass is 32.1. The number of aromatic amines is 1. The third-order valence-electron chi connectivity index (χ3n) is 5.19. The molecule has 0 aliphatic carbocycles. The molecule has 0 spiro atoms. The Hall–Kier alpha value is -3.51. The smallest absolute Gasteiger partial charge is 0.282 e. The van der Waals surface area contributed by atoms with Crippen LogP contribution in [0, 0.1) is 13.8 Å². The molecule has 6 heteroatoms. The molecule has 0 saturated carbocycles. The van der Waals surface area contributed by atoms with Crippen molar-refractivity contribution < 1.29 is 0 Å². The van der Waals surface area contributed by atoms with Gasteiger partial charge in [0, 0.05) is 21.3 Å². The minimum atomic E-state index is -0.144. The summed E-state index contributed by atoms with van der Waals surface area (Å²) in [6.07, 6.45) is 3.23. The number of rotatable bonds is 3. The van der Waals surface area contributed by atoms with Gasteiger partial charge in [0.1, 0.15) is 11.2 Å². The molecule has 5 aromatic rings. The molecule has 0 unspecified atom stereocenters. The van der Waals surface area contributed by atoms with Crippen molar-refractivity contribution in [2.75, 3.05) is 0 Å². The summed E-state index contributed by atoms with van der Waals surface area (Å²) in [5.74, 6) is 0. The Morgan fingerprint density at radius 1 is 1.07 bits per heavy atom. The molecule has 0 bridgehead atoms. The Morgan fingerprint density at radius 3 is 2.66 bits per heavy atom. The first kappa shape index (κ1) is 17.6. The second-order valence-electron chi connectivity index (χ2n) is 6.93. The zero-order valence-corrected chi connectivity index (χ0v) is 16.8. The van der Waals surface area contributed by atoms with E-state index in [1.807, 2.05) is 50.2 Å². The van der Waals surface area contributed by atoms with Crippen molar-refractivity contribution in [1.82, 2.24) is 14.6 Å². The highest BCUT2D eigenvalue weighted by Crippen LogP contribution is 2.29. The van der Waals surface area contributed by atoms with Crippen LogP contribution >= 0.6 is 11.3 Å². The van der Waals surface area contributed by atoms with Crippen LogP contribution in [0.4, 0.5) is 0 Å². The van der Waals surface area contributed by atoms with Gasteiger partial charge in [0.15, 0.2) is 0 Å². The van der Waals surface area contributed by atoms with Crippen molar-refractivity contribution in [3.05, 3.63) is 87.3 Å². The molecule has 2 aromatic carbocycles. The van der Waals surface area contributed by atoms with Gasteiger partial charge >= 0.3 is 0 Å². The molecular weight excluding hydrogens is 380 g/mol. The summed E-state index contributed by atoms with van der Waals surface area (Å²) in [6.45, 7) is 3.96. The molecule has 0 aliphatic heterocycles. The summed E-state index contributed by atoms with van der Waals surface area (Å²) < 4.78 is 1.32. The maximum Gasteiger partial charge on any atom is 0.282 e. The third-order valence-corrected chi connectivity index (χ3v) is 6.31. The molecule has 0 radical (unpaired) electrons. The quantitative estimate of drug-likeness (QED) is 0.430. The van der Waals surface area contributed by atoms with E-state index in [4.69, 9.17) is 0 Å². The topological polar surface area (TPSA) is 63.0 Å². The van der Waals surface area contributed by atoms with Crippen molar-refractivity contribution in [2.24, 2.45) is 5.10 Å². The Labute approximate surface area is 171 Å². The lowest BCUT2D eigenvalue weighted by Crippen LogP contribution is -2.17. The minimum Gasteiger partial charge on any atom is -0.354 e. The average Bonchev–Trinajstić information content (AvgIpc) is 3.26. The van der Waals surface area contributed by atoms with Gasteiger partial charge in [-0.2, -0.15) is 9.78 Å². The van der Waals surface area contributed by atoms with Crippen LogP contribution in [0.15, 0.2) is 70.8 Å². The fourth-order valence-electron chi connectivity index (χ4n) is 3.56. The highest BCUT2D eigenvalue weighted by molar-refractivity contribution is 7.18. The molecule has 3 heterocycles. The third kappa shape index (κ3) is 2.89. The van der Waals surface area contributed by atoms with Gasteiger partial charge in [-0.15, -0.1) is 11.3 Å². The van der Waals surface area contributed by atoms with Crippen LogP contribution < -0.4 is 5.56 Å². The molecule has 142 valence electrons. The lowest BCUT2D eigenvalue weighted by atomic mass is 10.1. The number of hydrogen-bond acceptors (Lipinski definition) is 4. The largest absolute Gasteiger partial charge is 0.354 e. The first-order chi connectivity index (χ1) is 14.1. The number of thiophene rings is 1. The van der Waals surface area contributed by atoms with Crippen molar-refractivity contribution >= 4 is 38.7 Å². The molecule has 5 rings (SSSR count). The van der Waals surface area contributed by atoms with Crippen molar-refractivity contribution in [3.8, 4) is 11.3 Å². The normalized spacial score (nSPS) is 11.8. The molecule has 0 amide bonds. The molecule has 0 saturated heterocycles. The van der Waals surface area contributed by atoms with Crippen molar-refractivity contribution in [3.63, 3.8) is 0 Å². The highest BCUT2D eigenvalue weighted by Gasteiger charge is 2.13. The van der Waals surface area contributed by atoms with Crippen LogP contribution in [-0.4, -0.2) is 20.9 Å². The van der Waals surface area contributed by atoms with Gasteiger partial charge in [-0.1, -0.05) is 48.5 Å². The zero-order chi connectivity index (χ0) is 20.0. The molecular formula is C23H18N4OS. The maximum absolute atomic E-state index is 12.9. The second-order valence-corrected chi connectivity index (χ2v) is 8.13. The van der Waals surface area contributed by atoms with Gasteiger partial charge in [0.05, 0.1) is 17.3 Å². The molecule has 5 nitrogen and oxygen atoms in total. The Balaban J connectivity index is 1.69. The van der Waals surface area contributed by atoms with Crippen LogP contribution in [0.5, 0.6) is 0 Å². The molecule has 0 aliphatic rings. The fourth-order valence-corrected chi connectivity index (χ4v) is 4.55. The summed E-state index contributed by atoms with van der Waals surface area (Å²) in [5, 5.41) is 6.19. The standard InChI is InChI=1S/C23H18N4OS/c1-14-15(2)29-22-20(14)23(28)27(13-24-22)25-12-18-17-10-6-7-11-19(17)26-21(18)16-8-4-3-5-9-16/h3-13,26H,1-2H3/b25-12+. The van der Waals surface area contributed by atoms with Crippen LogP contribution in [0.1, 0.15) is 16.0 Å². The van der Waals surface area contributed by atoms with E-state index in [-0.39, 0.29) is 5.56 Å². The van der Waals surface area contributed by atoms with Crippen molar-refractivity contribution in [1.29, 1.82) is 0 Å². The molecule has 29 heavy (non-hydrogen) atoms. The van der Waals surface area contributed by atoms with Gasteiger partial charge < -0.3 is 4.98 Å². The molecule has 3 aromatic heterocycles. The van der Waals surface area contributed by atoms with Gasteiger partial charge in [0.2, 0.25) is 0 Å². The Kier molecular flexibility index (Phi) is 4.14. The van der Waals surface area contributed by atoms with E-state index in [9.17, 15) is 4.79 Å². The number of aryl methyl sites for hydroxylation is 2. The van der Waals surface area contributed by atoms with E-state index in [0.717, 1.165) is 43.0 Å². The Bertz CT molecular complexity index is 1440. The van der Waals surface area contributed by atoms with E-state index in [1.54, 1.807) is 6.21 Å². The average molecular weight is 398 g/mol. The lowest BCUT2D eigenvalue weighted by molar-refractivity contribution is 0.818. The minimum absolute atomic E-state index is 0.144. The first-order valence-electron chi connectivity index (χ1n) is 9.31. The van der Waals surface area contributed by atoms with Crippen molar-refractivity contribution in [2.45, 2.75) is 13.8 Å². The Morgan fingerprint density at radius 2 is 1.83 bits per heavy atom. The van der Waals surface area contributed by atoms with Crippen LogP contribution in [0.3, 0.4) is 0 Å². The van der Waals surface area contributed by atoms with Crippen LogP contribution in [0.25, 0.3) is 32.4 Å². The fraction of sp³-hybridized carbons (Fsp3) is 0.0870. The molecule has 0 atom stereocenters. The first-order valence-corrected chi connectivity index (χ1v) is 10.1. The summed E-state index contributed by atoms with van der Waals surface area (Å²) in [4.78, 5) is 22.7. The number of aromatic nitrogens is 3. The van der Waals surface area contributed by atoms with Crippen LogP contribution in [0.2, 0.25) is 0 Å². The number of nitrogens with one attached hydrogen (secondary N) is 1. The maximum atomic E-state index is 12.9. The predicted octanol–water partition coefficient (Wildman–Crippen LogP) is 5.11. The zero-order valence-electron chi connectivity index (χ0n) is 16.0. The monoisotopic (exact) mass is 398 g/mol. The van der Waals surface area contributed by atoms with E-state index in [2.05, 4.69) is 33.3 Å². The van der Waals surface area contributed by atoms with E-state index in [1.165, 1.54) is 22.3 Å².